The fourth-order valence-electron chi connectivity index (χ4n) is 0.906. The van der Waals surface area contributed by atoms with Crippen LogP contribution in [-0.2, 0) is 14.3 Å². The molecule has 1 saturated heterocycles. The Hall–Kier alpha value is -1.59. The van der Waals surface area contributed by atoms with Gasteiger partial charge in [-0.1, -0.05) is 0 Å². The number of carbonyl (C=O) groups excluding carboxylic acids is 2. The van der Waals surface area contributed by atoms with Gasteiger partial charge in [0.15, 0.2) is 5.60 Å². The molecule has 0 aromatic rings. The maximum atomic E-state index is 10.9. The summed E-state index contributed by atoms with van der Waals surface area (Å²) in [5.74, 6) is -1.91. The standard InChI is InChI=1S/C6H7NO5/c1-6(2-3(8)9)4(10)7-5(11)12-6/h2H2,1H3,(H,8,9)(H,7,10,11). The summed E-state index contributed by atoms with van der Waals surface area (Å²) in [6.07, 6.45) is -1.42. The fourth-order valence-corrected chi connectivity index (χ4v) is 0.906. The topological polar surface area (TPSA) is 92.7 Å². The van der Waals surface area contributed by atoms with Crippen LogP contribution in [0.1, 0.15) is 13.3 Å². The summed E-state index contributed by atoms with van der Waals surface area (Å²) in [5.41, 5.74) is -1.55. The molecular weight excluding hydrogens is 166 g/mol. The van der Waals surface area contributed by atoms with Crippen molar-refractivity contribution in [2.24, 2.45) is 0 Å². The molecule has 0 spiro atoms. The van der Waals surface area contributed by atoms with Gasteiger partial charge in [-0.25, -0.2) is 4.79 Å². The summed E-state index contributed by atoms with van der Waals surface area (Å²) < 4.78 is 4.49. The summed E-state index contributed by atoms with van der Waals surface area (Å²) in [6.45, 7) is 1.25. The second-order valence-electron chi connectivity index (χ2n) is 2.65. The van der Waals surface area contributed by atoms with E-state index in [2.05, 4.69) is 4.74 Å². The fraction of sp³-hybridized carbons (Fsp3) is 0.500. The van der Waals surface area contributed by atoms with Crippen LogP contribution in [0.15, 0.2) is 0 Å². The lowest BCUT2D eigenvalue weighted by molar-refractivity contribution is -0.146. The number of nitrogens with one attached hydrogen (secondary N) is 1. The lowest BCUT2D eigenvalue weighted by Crippen LogP contribution is -2.38. The van der Waals surface area contributed by atoms with Gasteiger partial charge in [-0.05, 0) is 6.92 Å². The lowest BCUT2D eigenvalue weighted by Gasteiger charge is -2.15. The molecule has 6 nitrogen and oxygen atoms in total. The minimum Gasteiger partial charge on any atom is -0.481 e. The first kappa shape index (κ1) is 8.51. The average Bonchev–Trinajstić information content (AvgIpc) is 2.04. The smallest absolute Gasteiger partial charge is 0.415 e. The highest BCUT2D eigenvalue weighted by Crippen LogP contribution is 2.20. The minimum atomic E-state index is -1.55. The average molecular weight is 173 g/mol. The van der Waals surface area contributed by atoms with Crippen LogP contribution in [0.3, 0.4) is 0 Å². The molecule has 1 rings (SSSR count). The number of alkyl carbamates (subject to hydrolysis) is 1. The molecule has 2 N–H and O–H groups in total. The molecule has 1 heterocycles. The molecule has 66 valence electrons. The van der Waals surface area contributed by atoms with E-state index >= 15 is 0 Å². The second-order valence-corrected chi connectivity index (χ2v) is 2.65. The van der Waals surface area contributed by atoms with Gasteiger partial charge in [-0.15, -0.1) is 0 Å². The predicted octanol–water partition coefficient (Wildman–Crippen LogP) is -0.514. The van der Waals surface area contributed by atoms with Gasteiger partial charge in [-0.2, -0.15) is 0 Å². The van der Waals surface area contributed by atoms with Gasteiger partial charge in [0, 0.05) is 0 Å². The number of carboxylic acid groups (broad SMARTS) is 1. The van der Waals surface area contributed by atoms with Crippen molar-refractivity contribution in [3.8, 4) is 0 Å². The van der Waals surface area contributed by atoms with E-state index in [1.54, 1.807) is 0 Å². The molecule has 0 radical (unpaired) electrons. The summed E-state index contributed by atoms with van der Waals surface area (Å²) in [4.78, 5) is 31.7. The molecule has 1 unspecified atom stereocenters. The van der Waals surface area contributed by atoms with Crippen molar-refractivity contribution in [1.82, 2.24) is 5.32 Å². The van der Waals surface area contributed by atoms with Crippen LogP contribution in [0.2, 0.25) is 0 Å². The van der Waals surface area contributed by atoms with Crippen molar-refractivity contribution in [3.05, 3.63) is 0 Å². The Labute approximate surface area is 67.5 Å². The molecule has 2 amide bonds. The van der Waals surface area contributed by atoms with Crippen LogP contribution in [0.4, 0.5) is 4.79 Å². The molecule has 0 saturated carbocycles. The third-order valence-electron chi connectivity index (χ3n) is 1.50. The van der Waals surface area contributed by atoms with Gasteiger partial charge >= 0.3 is 12.1 Å². The van der Waals surface area contributed by atoms with E-state index in [4.69, 9.17) is 5.11 Å². The predicted molar refractivity (Wildman–Crippen MR) is 35.3 cm³/mol. The number of cyclic esters (lactones) is 1. The van der Waals surface area contributed by atoms with E-state index in [9.17, 15) is 14.4 Å². The zero-order chi connectivity index (χ0) is 9.35. The second kappa shape index (κ2) is 2.47. The number of rotatable bonds is 2. The Bertz CT molecular complexity index is 261. The SMILES string of the molecule is CC1(CC(=O)O)OC(=O)NC1=O. The number of aliphatic carboxylic acids is 1. The molecular formula is C6H7NO5. The zero-order valence-electron chi connectivity index (χ0n) is 6.29. The molecule has 1 aliphatic heterocycles. The molecule has 6 heteroatoms. The summed E-state index contributed by atoms with van der Waals surface area (Å²) in [6, 6.07) is 0. The van der Waals surface area contributed by atoms with E-state index in [1.807, 2.05) is 5.32 Å². The molecule has 12 heavy (non-hydrogen) atoms. The normalized spacial score (nSPS) is 28.1. The number of imide groups is 1. The van der Waals surface area contributed by atoms with E-state index in [0.717, 1.165) is 0 Å². The first-order valence-electron chi connectivity index (χ1n) is 3.20. The highest BCUT2D eigenvalue weighted by Gasteiger charge is 2.46. The molecule has 1 atom stereocenters. The highest BCUT2D eigenvalue weighted by atomic mass is 16.6. The van der Waals surface area contributed by atoms with Crippen molar-refractivity contribution >= 4 is 18.0 Å². The maximum Gasteiger partial charge on any atom is 0.415 e. The third kappa shape index (κ3) is 1.36. The van der Waals surface area contributed by atoms with Crippen LogP contribution in [0.25, 0.3) is 0 Å². The van der Waals surface area contributed by atoms with Crippen LogP contribution in [0, 0.1) is 0 Å². The van der Waals surface area contributed by atoms with Crippen molar-refractivity contribution in [1.29, 1.82) is 0 Å². The van der Waals surface area contributed by atoms with Gasteiger partial charge < -0.3 is 9.84 Å². The number of hydrogen-bond acceptors (Lipinski definition) is 4. The molecule has 0 bridgehead atoms. The van der Waals surface area contributed by atoms with E-state index in [1.165, 1.54) is 6.92 Å². The van der Waals surface area contributed by atoms with Crippen LogP contribution in [0.5, 0.6) is 0 Å². The van der Waals surface area contributed by atoms with Gasteiger partial charge in [0.2, 0.25) is 0 Å². The first-order valence-corrected chi connectivity index (χ1v) is 3.20. The summed E-state index contributed by atoms with van der Waals surface area (Å²) >= 11 is 0. The Morgan fingerprint density at radius 2 is 2.25 bits per heavy atom. The number of ether oxygens (including phenoxy) is 1. The van der Waals surface area contributed by atoms with Crippen LogP contribution in [-0.4, -0.2) is 28.7 Å². The van der Waals surface area contributed by atoms with Crippen molar-refractivity contribution in [2.45, 2.75) is 18.9 Å². The van der Waals surface area contributed by atoms with E-state index in [-0.39, 0.29) is 0 Å². The molecule has 0 aromatic carbocycles. The van der Waals surface area contributed by atoms with E-state index in [0.29, 0.717) is 0 Å². The van der Waals surface area contributed by atoms with Gasteiger partial charge in [-0.3, -0.25) is 14.9 Å². The van der Waals surface area contributed by atoms with Crippen molar-refractivity contribution in [3.63, 3.8) is 0 Å². The minimum absolute atomic E-state index is 0.523. The van der Waals surface area contributed by atoms with Gasteiger partial charge in [0.05, 0.1) is 6.42 Å². The lowest BCUT2D eigenvalue weighted by atomic mass is 10.0. The maximum absolute atomic E-state index is 10.9. The highest BCUT2D eigenvalue weighted by molar-refractivity contribution is 6.04. The zero-order valence-corrected chi connectivity index (χ0v) is 6.29. The number of amides is 2. The Morgan fingerprint density at radius 3 is 2.58 bits per heavy atom. The van der Waals surface area contributed by atoms with Crippen LogP contribution >= 0.6 is 0 Å². The largest absolute Gasteiger partial charge is 0.481 e. The number of hydrogen-bond donors (Lipinski definition) is 2. The summed E-state index contributed by atoms with van der Waals surface area (Å²) in [5, 5.41) is 10.2. The molecule has 1 aliphatic rings. The molecule has 0 aromatic heterocycles. The van der Waals surface area contributed by atoms with Crippen LogP contribution < -0.4 is 5.32 Å². The Balaban J connectivity index is 2.77. The first-order chi connectivity index (χ1) is 5.44. The van der Waals surface area contributed by atoms with Gasteiger partial charge in [0.25, 0.3) is 5.91 Å². The Kier molecular flexibility index (Phi) is 1.75. The number of carbonyl (C=O) groups is 3. The third-order valence-corrected chi connectivity index (χ3v) is 1.50. The van der Waals surface area contributed by atoms with Gasteiger partial charge in [0.1, 0.15) is 0 Å². The quantitative estimate of drug-likeness (QED) is 0.586. The molecule has 0 aliphatic carbocycles. The number of carboxylic acids is 1. The summed E-state index contributed by atoms with van der Waals surface area (Å²) in [7, 11) is 0. The van der Waals surface area contributed by atoms with Crippen molar-refractivity contribution in [2.75, 3.05) is 0 Å². The molecule has 1 fully saturated rings. The monoisotopic (exact) mass is 173 g/mol. The Morgan fingerprint density at radius 1 is 1.67 bits per heavy atom. The van der Waals surface area contributed by atoms with Crippen molar-refractivity contribution < 1.29 is 24.2 Å². The van der Waals surface area contributed by atoms with E-state index < -0.39 is 30.0 Å².